The molecule has 0 bridgehead atoms. The lowest BCUT2D eigenvalue weighted by atomic mass is 9.95. The van der Waals surface area contributed by atoms with Crippen LogP contribution in [-0.4, -0.2) is 73.0 Å². The zero-order valence-corrected chi connectivity index (χ0v) is 20.2. The molecule has 12 nitrogen and oxygen atoms in total. The van der Waals surface area contributed by atoms with Crippen LogP contribution in [0.25, 0.3) is 11.1 Å². The second-order valence-electron chi connectivity index (χ2n) is 7.67. The molecule has 3 atom stereocenters. The molecule has 0 radical (unpaired) electrons. The average Bonchev–Trinajstić information content (AvgIpc) is 3.11. The van der Waals surface area contributed by atoms with Crippen molar-refractivity contribution in [3.05, 3.63) is 45.6 Å². The molecule has 1 aliphatic rings. The molecular weight excluding hydrogens is 478 g/mol. The minimum Gasteiger partial charge on any atom is -0.493 e. The lowest BCUT2D eigenvalue weighted by Crippen LogP contribution is -2.39. The first-order chi connectivity index (χ1) is 17.0. The first-order valence-corrected chi connectivity index (χ1v) is 10.6. The fourth-order valence-corrected chi connectivity index (χ4v) is 3.76. The van der Waals surface area contributed by atoms with Crippen LogP contribution in [0.2, 0.25) is 0 Å². The van der Waals surface area contributed by atoms with E-state index in [1.165, 1.54) is 13.2 Å². The van der Waals surface area contributed by atoms with Crippen molar-refractivity contribution in [1.29, 1.82) is 0 Å². The monoisotopic (exact) mass is 507 g/mol. The van der Waals surface area contributed by atoms with Gasteiger partial charge in [0.1, 0.15) is 0 Å². The number of rotatable bonds is 7. The van der Waals surface area contributed by atoms with Gasteiger partial charge in [-0.1, -0.05) is 0 Å². The van der Waals surface area contributed by atoms with Crippen LogP contribution in [0.5, 0.6) is 23.0 Å². The first kappa shape index (κ1) is 28.4. The molecule has 0 fully saturated rings. The number of carboxylic acid groups (broad SMARTS) is 2. The Morgan fingerprint density at radius 1 is 0.889 bits per heavy atom. The number of ether oxygens (including phenoxy) is 4. The number of carbonyl (C=O) groups is 2. The normalized spacial score (nSPS) is 15.5. The van der Waals surface area contributed by atoms with Gasteiger partial charge in [-0.15, -0.1) is 0 Å². The van der Waals surface area contributed by atoms with Crippen molar-refractivity contribution in [2.24, 2.45) is 5.73 Å². The Labute approximate surface area is 206 Å². The summed E-state index contributed by atoms with van der Waals surface area (Å²) in [6, 6.07) is 6.71. The van der Waals surface area contributed by atoms with Crippen molar-refractivity contribution in [2.45, 2.75) is 31.1 Å². The van der Waals surface area contributed by atoms with Gasteiger partial charge in [-0.3, -0.25) is 4.79 Å². The summed E-state index contributed by atoms with van der Waals surface area (Å²) in [7, 11) is 6.23. The van der Waals surface area contributed by atoms with E-state index in [-0.39, 0.29) is 17.2 Å². The fraction of sp³-hybridized carbons (Fsp3) is 0.375. The van der Waals surface area contributed by atoms with Crippen molar-refractivity contribution < 1.29 is 49.0 Å². The maximum atomic E-state index is 12.2. The highest BCUT2D eigenvalue weighted by Crippen LogP contribution is 2.50. The molecule has 6 N–H and O–H groups in total. The molecule has 3 rings (SSSR count). The van der Waals surface area contributed by atoms with Crippen molar-refractivity contribution in [2.75, 3.05) is 28.4 Å². The molecule has 0 saturated heterocycles. The van der Waals surface area contributed by atoms with Crippen LogP contribution in [0.3, 0.4) is 0 Å². The number of nitrogens with two attached hydrogens (primary N) is 1. The number of aliphatic hydroxyl groups is 2. The summed E-state index contributed by atoms with van der Waals surface area (Å²) in [5.41, 5.74) is 9.80. The number of benzene rings is 1. The molecule has 0 aromatic heterocycles. The molecule has 0 unspecified atom stereocenters. The van der Waals surface area contributed by atoms with E-state index in [9.17, 15) is 14.4 Å². The second kappa shape index (κ2) is 12.2. The molecular formula is C24H29NO11. The van der Waals surface area contributed by atoms with Gasteiger partial charge in [-0.25, -0.2) is 9.59 Å². The molecule has 36 heavy (non-hydrogen) atoms. The lowest BCUT2D eigenvalue weighted by molar-refractivity contribution is -0.165. The molecule has 2 aromatic rings. The minimum atomic E-state index is -2.27. The van der Waals surface area contributed by atoms with Crippen LogP contribution in [-0.2, 0) is 16.0 Å². The summed E-state index contributed by atoms with van der Waals surface area (Å²) in [6.45, 7) is 0. The number of methoxy groups -OCH3 is 4. The van der Waals surface area contributed by atoms with Gasteiger partial charge in [0.25, 0.3) is 0 Å². The van der Waals surface area contributed by atoms with Crippen molar-refractivity contribution in [3.63, 3.8) is 0 Å². The molecule has 0 aliphatic heterocycles. The first-order valence-electron chi connectivity index (χ1n) is 10.6. The summed E-state index contributed by atoms with van der Waals surface area (Å²) in [6.07, 6.45) is -3.06. The third kappa shape index (κ3) is 5.85. The number of hydrogen-bond acceptors (Lipinski definition) is 10. The maximum Gasteiger partial charge on any atom is 0.335 e. The van der Waals surface area contributed by atoms with Crippen molar-refractivity contribution in [1.82, 2.24) is 0 Å². The Hall–Kier alpha value is -3.87. The van der Waals surface area contributed by atoms with Gasteiger partial charge >= 0.3 is 11.9 Å². The van der Waals surface area contributed by atoms with Crippen LogP contribution in [0, 0.1) is 0 Å². The van der Waals surface area contributed by atoms with E-state index in [1.807, 2.05) is 6.07 Å². The number of aliphatic hydroxyl groups excluding tert-OH is 2. The largest absolute Gasteiger partial charge is 0.493 e. The smallest absolute Gasteiger partial charge is 0.335 e. The second-order valence-corrected chi connectivity index (χ2v) is 7.67. The highest BCUT2D eigenvalue weighted by molar-refractivity contribution is 5.83. The number of aliphatic carboxylic acids is 2. The lowest BCUT2D eigenvalue weighted by Gasteiger charge is -2.19. The van der Waals surface area contributed by atoms with Gasteiger partial charge in [-0.2, -0.15) is 0 Å². The number of fused-ring (bicyclic) bond motifs is 3. The third-order valence-corrected chi connectivity index (χ3v) is 5.57. The zero-order chi connectivity index (χ0) is 27.2. The number of aryl methyl sites for hydroxylation is 1. The molecule has 196 valence electrons. The molecule has 2 aromatic carbocycles. The van der Waals surface area contributed by atoms with Gasteiger partial charge in [0.15, 0.2) is 29.5 Å². The van der Waals surface area contributed by atoms with E-state index in [1.54, 1.807) is 33.5 Å². The van der Waals surface area contributed by atoms with Crippen LogP contribution in [0.1, 0.15) is 23.6 Å². The van der Waals surface area contributed by atoms with E-state index in [2.05, 4.69) is 0 Å². The summed E-state index contributed by atoms with van der Waals surface area (Å²) in [5, 5.41) is 32.5. The highest BCUT2D eigenvalue weighted by Gasteiger charge is 2.29. The van der Waals surface area contributed by atoms with Crippen LogP contribution < -0.4 is 30.1 Å². The molecule has 0 saturated carbocycles. The predicted octanol–water partition coefficient (Wildman–Crippen LogP) is 0.572. The van der Waals surface area contributed by atoms with Crippen molar-refractivity contribution in [3.8, 4) is 34.1 Å². The minimum absolute atomic E-state index is 0.200. The Morgan fingerprint density at radius 3 is 1.92 bits per heavy atom. The van der Waals surface area contributed by atoms with Gasteiger partial charge in [-0.05, 0) is 53.8 Å². The summed E-state index contributed by atoms with van der Waals surface area (Å²) in [4.78, 5) is 31.8. The highest BCUT2D eigenvalue weighted by atomic mass is 16.5. The summed E-state index contributed by atoms with van der Waals surface area (Å²) in [5.74, 6) is -1.59. The van der Waals surface area contributed by atoms with E-state index in [4.69, 9.17) is 45.1 Å². The molecule has 0 amide bonds. The number of hydrogen-bond donors (Lipinski definition) is 5. The van der Waals surface area contributed by atoms with Crippen LogP contribution in [0.15, 0.2) is 29.1 Å². The maximum absolute atomic E-state index is 12.2. The Balaban J connectivity index is 0.000000388. The van der Waals surface area contributed by atoms with Gasteiger partial charge < -0.3 is 45.1 Å². The topological polar surface area (TPSA) is 195 Å². The fourth-order valence-electron chi connectivity index (χ4n) is 3.76. The molecule has 0 spiro atoms. The van der Waals surface area contributed by atoms with Gasteiger partial charge in [0.2, 0.25) is 11.2 Å². The molecule has 1 aliphatic carbocycles. The Bertz CT molecular complexity index is 1160. The van der Waals surface area contributed by atoms with E-state index in [0.717, 1.165) is 35.1 Å². The standard InChI is InChI=1S/C20H23NO5.C4H6O6/c1-23-16-10-13-12(6-8-15(16)22)18-11(5-7-14(13)21)9-17(24-2)19(25-3)20(18)26-4;5-1(3(7)8)2(6)4(9)10/h6,8-10,14H,5,7,21H2,1-4H3;1-2,5-6H,(H,7,8)(H,9,10)/t14-;1-,2-/m01/s1. The molecule has 12 heteroatoms. The SMILES string of the molecule is COc1cc2c(c(OC)c1OC)-c1ccc(=O)c(OC)cc1[C@@H](N)CC2.O=C(O)[C@H](O)[C@@H](O)C(=O)O. The molecule has 0 heterocycles. The summed E-state index contributed by atoms with van der Waals surface area (Å²) >= 11 is 0. The summed E-state index contributed by atoms with van der Waals surface area (Å²) < 4.78 is 21.9. The predicted molar refractivity (Wildman–Crippen MR) is 127 cm³/mol. The average molecular weight is 507 g/mol. The van der Waals surface area contributed by atoms with E-state index >= 15 is 0 Å². The third-order valence-electron chi connectivity index (χ3n) is 5.57. The van der Waals surface area contributed by atoms with Crippen molar-refractivity contribution >= 4 is 11.9 Å². The number of carboxylic acids is 2. The zero-order valence-electron chi connectivity index (χ0n) is 20.2. The Kier molecular flexibility index (Phi) is 9.61. The quantitative estimate of drug-likeness (QED) is 0.350. The van der Waals surface area contributed by atoms with Crippen LogP contribution in [0.4, 0.5) is 0 Å². The van der Waals surface area contributed by atoms with Gasteiger partial charge in [0.05, 0.1) is 28.4 Å². The van der Waals surface area contributed by atoms with Gasteiger partial charge in [0, 0.05) is 11.6 Å². The van der Waals surface area contributed by atoms with E-state index < -0.39 is 24.1 Å². The van der Waals surface area contributed by atoms with E-state index in [0.29, 0.717) is 17.2 Å². The van der Waals surface area contributed by atoms with Crippen LogP contribution >= 0.6 is 0 Å². The Morgan fingerprint density at radius 2 is 1.44 bits per heavy atom.